The van der Waals surface area contributed by atoms with Gasteiger partial charge >= 0.3 is 0 Å². The van der Waals surface area contributed by atoms with Crippen LogP contribution in [0.4, 0.5) is 5.95 Å². The first kappa shape index (κ1) is 12.3. The summed E-state index contributed by atoms with van der Waals surface area (Å²) >= 11 is 0. The Morgan fingerprint density at radius 3 is 2.83 bits per heavy atom. The zero-order chi connectivity index (χ0) is 13.0. The number of nitrogen functional groups attached to an aromatic ring is 1. The van der Waals surface area contributed by atoms with Crippen LogP contribution in [0.1, 0.15) is 18.2 Å². The average Bonchev–Trinajstić information content (AvgIpc) is 2.38. The lowest BCUT2D eigenvalue weighted by Crippen LogP contribution is -2.11. The van der Waals surface area contributed by atoms with Gasteiger partial charge in [0.15, 0.2) is 0 Å². The van der Waals surface area contributed by atoms with Crippen LogP contribution in [0, 0.1) is 6.92 Å². The minimum absolute atomic E-state index is 0.344. The fourth-order valence-electron chi connectivity index (χ4n) is 1.61. The summed E-state index contributed by atoms with van der Waals surface area (Å²) in [5.41, 5.74) is 4.42. The number of hydrogen-bond donors (Lipinski definition) is 2. The Morgan fingerprint density at radius 1 is 1.28 bits per heavy atom. The summed E-state index contributed by atoms with van der Waals surface area (Å²) < 4.78 is 5.70. The van der Waals surface area contributed by atoms with E-state index in [-0.39, 0.29) is 0 Å². The Balaban J connectivity index is 2.24. The molecule has 18 heavy (non-hydrogen) atoms. The van der Waals surface area contributed by atoms with Gasteiger partial charge in [-0.3, -0.25) is 5.43 Å². The standard InChI is InChI=1S/C13H16N4O/c1-3-10-5-4-6-11(8-10)18-12-7-9(2)15-13(16-12)17-14/h4-8H,3,14H2,1-2H3,(H,15,16,17). The van der Waals surface area contributed by atoms with Crippen LogP contribution in [-0.4, -0.2) is 9.97 Å². The first-order valence-electron chi connectivity index (χ1n) is 5.80. The highest BCUT2D eigenvalue weighted by molar-refractivity contribution is 5.34. The Labute approximate surface area is 106 Å². The number of benzene rings is 1. The van der Waals surface area contributed by atoms with E-state index in [4.69, 9.17) is 10.6 Å². The number of rotatable bonds is 4. The average molecular weight is 244 g/mol. The third kappa shape index (κ3) is 2.95. The van der Waals surface area contributed by atoms with Crippen molar-refractivity contribution in [3.63, 3.8) is 0 Å². The molecule has 5 nitrogen and oxygen atoms in total. The lowest BCUT2D eigenvalue weighted by molar-refractivity contribution is 0.461. The fourth-order valence-corrected chi connectivity index (χ4v) is 1.61. The van der Waals surface area contributed by atoms with Gasteiger partial charge in [-0.15, -0.1) is 0 Å². The number of aromatic nitrogens is 2. The zero-order valence-electron chi connectivity index (χ0n) is 10.5. The van der Waals surface area contributed by atoms with Crippen LogP contribution < -0.4 is 16.0 Å². The minimum atomic E-state index is 0.344. The summed E-state index contributed by atoms with van der Waals surface area (Å²) in [6.07, 6.45) is 0.968. The van der Waals surface area contributed by atoms with Crippen molar-refractivity contribution in [2.24, 2.45) is 5.84 Å². The van der Waals surface area contributed by atoms with Gasteiger partial charge in [0.05, 0.1) is 0 Å². The number of hydrogen-bond acceptors (Lipinski definition) is 5. The van der Waals surface area contributed by atoms with Crippen molar-refractivity contribution in [2.75, 3.05) is 5.43 Å². The Morgan fingerprint density at radius 2 is 2.11 bits per heavy atom. The van der Waals surface area contributed by atoms with E-state index in [0.717, 1.165) is 17.9 Å². The molecule has 2 rings (SSSR count). The number of aryl methyl sites for hydroxylation is 2. The maximum atomic E-state index is 5.70. The molecule has 0 saturated carbocycles. The van der Waals surface area contributed by atoms with E-state index in [2.05, 4.69) is 28.4 Å². The van der Waals surface area contributed by atoms with Crippen molar-refractivity contribution in [1.29, 1.82) is 0 Å². The second-order valence-electron chi connectivity index (χ2n) is 3.92. The molecule has 3 N–H and O–H groups in total. The number of hydrazine groups is 1. The molecule has 0 fully saturated rings. The van der Waals surface area contributed by atoms with E-state index in [1.807, 2.05) is 25.1 Å². The van der Waals surface area contributed by atoms with Crippen molar-refractivity contribution in [3.8, 4) is 11.6 Å². The van der Waals surface area contributed by atoms with Crippen molar-refractivity contribution >= 4 is 5.95 Å². The maximum absolute atomic E-state index is 5.70. The van der Waals surface area contributed by atoms with Gasteiger partial charge in [-0.1, -0.05) is 19.1 Å². The molecular formula is C13H16N4O. The summed E-state index contributed by atoms with van der Waals surface area (Å²) in [6, 6.07) is 9.67. The lowest BCUT2D eigenvalue weighted by atomic mass is 10.2. The first-order valence-corrected chi connectivity index (χ1v) is 5.80. The van der Waals surface area contributed by atoms with Gasteiger partial charge in [0.2, 0.25) is 11.8 Å². The van der Waals surface area contributed by atoms with Crippen LogP contribution in [0.3, 0.4) is 0 Å². The lowest BCUT2D eigenvalue weighted by Gasteiger charge is -2.08. The maximum Gasteiger partial charge on any atom is 0.240 e. The van der Waals surface area contributed by atoms with Gasteiger partial charge < -0.3 is 4.74 Å². The molecule has 0 saturated heterocycles. The van der Waals surface area contributed by atoms with E-state index in [0.29, 0.717) is 11.8 Å². The predicted octanol–water partition coefficient (Wildman–Crippen LogP) is 2.43. The van der Waals surface area contributed by atoms with Gasteiger partial charge in [-0.05, 0) is 31.0 Å². The van der Waals surface area contributed by atoms with Crippen molar-refractivity contribution in [2.45, 2.75) is 20.3 Å². The summed E-state index contributed by atoms with van der Waals surface area (Å²) in [7, 11) is 0. The molecule has 0 spiro atoms. The highest BCUT2D eigenvalue weighted by atomic mass is 16.5. The van der Waals surface area contributed by atoms with Crippen LogP contribution >= 0.6 is 0 Å². The number of anilines is 1. The fraction of sp³-hybridized carbons (Fsp3) is 0.231. The van der Waals surface area contributed by atoms with Gasteiger partial charge in [0.1, 0.15) is 5.75 Å². The molecule has 2 aromatic rings. The number of nitrogens with one attached hydrogen (secondary N) is 1. The minimum Gasteiger partial charge on any atom is -0.439 e. The third-order valence-electron chi connectivity index (χ3n) is 2.49. The second-order valence-corrected chi connectivity index (χ2v) is 3.92. The van der Waals surface area contributed by atoms with Gasteiger partial charge in [-0.25, -0.2) is 10.8 Å². The molecule has 1 heterocycles. The van der Waals surface area contributed by atoms with Gasteiger partial charge in [0.25, 0.3) is 0 Å². The van der Waals surface area contributed by atoms with Crippen LogP contribution in [0.5, 0.6) is 11.6 Å². The van der Waals surface area contributed by atoms with E-state index in [1.165, 1.54) is 5.56 Å². The quantitative estimate of drug-likeness (QED) is 0.638. The predicted molar refractivity (Wildman–Crippen MR) is 70.5 cm³/mol. The monoisotopic (exact) mass is 244 g/mol. The topological polar surface area (TPSA) is 73.1 Å². The molecule has 0 bridgehead atoms. The summed E-state index contributed by atoms with van der Waals surface area (Å²) in [5, 5.41) is 0. The normalized spacial score (nSPS) is 10.2. The molecule has 94 valence electrons. The second kappa shape index (κ2) is 5.46. The smallest absolute Gasteiger partial charge is 0.240 e. The molecule has 0 atom stereocenters. The number of nitrogens with two attached hydrogens (primary N) is 1. The van der Waals surface area contributed by atoms with Crippen molar-refractivity contribution in [1.82, 2.24) is 9.97 Å². The molecule has 0 aliphatic heterocycles. The molecule has 0 radical (unpaired) electrons. The Kier molecular flexibility index (Phi) is 3.74. The largest absolute Gasteiger partial charge is 0.439 e. The Bertz CT molecular complexity index is 542. The molecular weight excluding hydrogens is 228 g/mol. The van der Waals surface area contributed by atoms with Gasteiger partial charge in [-0.2, -0.15) is 4.98 Å². The SMILES string of the molecule is CCc1cccc(Oc2cc(C)nc(NN)n2)c1. The number of ether oxygens (including phenoxy) is 1. The highest BCUT2D eigenvalue weighted by Gasteiger charge is 2.04. The van der Waals surface area contributed by atoms with Crippen LogP contribution in [0.2, 0.25) is 0 Å². The van der Waals surface area contributed by atoms with Crippen molar-refractivity contribution in [3.05, 3.63) is 41.6 Å². The van der Waals surface area contributed by atoms with Crippen LogP contribution in [-0.2, 0) is 6.42 Å². The third-order valence-corrected chi connectivity index (χ3v) is 2.49. The first-order chi connectivity index (χ1) is 8.71. The van der Waals surface area contributed by atoms with Crippen LogP contribution in [0.25, 0.3) is 0 Å². The number of nitrogens with zero attached hydrogens (tertiary/aromatic N) is 2. The van der Waals surface area contributed by atoms with Gasteiger partial charge in [0, 0.05) is 11.8 Å². The molecule has 0 aliphatic carbocycles. The molecule has 1 aromatic carbocycles. The molecule has 0 aliphatic rings. The van der Waals surface area contributed by atoms with E-state index in [9.17, 15) is 0 Å². The van der Waals surface area contributed by atoms with E-state index in [1.54, 1.807) is 6.07 Å². The molecule has 5 heteroatoms. The molecule has 0 unspecified atom stereocenters. The van der Waals surface area contributed by atoms with Crippen LogP contribution in [0.15, 0.2) is 30.3 Å². The van der Waals surface area contributed by atoms with Crippen molar-refractivity contribution < 1.29 is 4.74 Å². The highest BCUT2D eigenvalue weighted by Crippen LogP contribution is 2.22. The molecule has 0 amide bonds. The molecule has 1 aromatic heterocycles. The summed E-state index contributed by atoms with van der Waals surface area (Å²) in [6.45, 7) is 3.96. The summed E-state index contributed by atoms with van der Waals surface area (Å²) in [4.78, 5) is 8.23. The Hall–Kier alpha value is -2.14. The van der Waals surface area contributed by atoms with E-state index >= 15 is 0 Å². The zero-order valence-corrected chi connectivity index (χ0v) is 10.5. The van der Waals surface area contributed by atoms with E-state index < -0.39 is 0 Å². The summed E-state index contributed by atoms with van der Waals surface area (Å²) in [5.74, 6) is 6.88.